The predicted octanol–water partition coefficient (Wildman–Crippen LogP) is 4.21. The van der Waals surface area contributed by atoms with Crippen molar-refractivity contribution < 1.29 is 18.0 Å². The van der Waals surface area contributed by atoms with E-state index in [2.05, 4.69) is 5.32 Å². The smallest absolute Gasteiger partial charge is 0.243 e. The minimum atomic E-state index is -3.95. The van der Waals surface area contributed by atoms with Gasteiger partial charge in [0.15, 0.2) is 0 Å². The molecule has 0 heterocycles. The summed E-state index contributed by atoms with van der Waals surface area (Å²) in [4.78, 5) is 27.2. The number of hydrogen-bond donors (Lipinski definition) is 1. The van der Waals surface area contributed by atoms with Gasteiger partial charge in [0.25, 0.3) is 0 Å². The van der Waals surface area contributed by atoms with Gasteiger partial charge in [0.1, 0.15) is 6.04 Å². The number of carbonyl (C=O) groups excluding carboxylic acids is 2. The number of sulfonamides is 1. The molecule has 11 heteroatoms. The summed E-state index contributed by atoms with van der Waals surface area (Å²) in [6.07, 6.45) is 0. The first-order valence-electron chi connectivity index (χ1n) is 10.1. The molecule has 1 N–H and O–H groups in total. The second-order valence-corrected chi connectivity index (χ2v) is 11.1. The van der Waals surface area contributed by atoms with E-state index in [0.29, 0.717) is 20.6 Å². The number of halogens is 3. The fraction of sp³-hybridized carbons (Fsp3) is 0.364. The predicted molar refractivity (Wildman–Crippen MR) is 131 cm³/mol. The lowest BCUT2D eigenvalue weighted by atomic mass is 10.1. The third kappa shape index (κ3) is 7.32. The van der Waals surface area contributed by atoms with E-state index in [1.54, 1.807) is 32.9 Å². The van der Waals surface area contributed by atoms with E-state index in [1.807, 2.05) is 0 Å². The molecule has 0 saturated heterocycles. The van der Waals surface area contributed by atoms with Crippen LogP contribution in [0.25, 0.3) is 0 Å². The molecule has 7 nitrogen and oxygen atoms in total. The molecule has 0 aliphatic carbocycles. The fourth-order valence-corrected chi connectivity index (χ4v) is 4.69. The van der Waals surface area contributed by atoms with Crippen LogP contribution in [0.1, 0.15) is 26.3 Å². The van der Waals surface area contributed by atoms with Gasteiger partial charge in [-0.15, -0.1) is 0 Å². The van der Waals surface area contributed by atoms with Crippen molar-refractivity contribution in [3.8, 4) is 0 Å². The number of nitrogens with one attached hydrogen (secondary N) is 1. The molecule has 0 fully saturated rings. The molecule has 2 aromatic rings. The van der Waals surface area contributed by atoms with Gasteiger partial charge in [0.2, 0.25) is 21.8 Å². The summed E-state index contributed by atoms with van der Waals surface area (Å²) in [7, 11) is -2.65. The van der Waals surface area contributed by atoms with E-state index in [-0.39, 0.29) is 23.4 Å². The molecule has 2 aromatic carbocycles. The number of nitrogens with zero attached hydrogens (tertiary/aromatic N) is 2. The lowest BCUT2D eigenvalue weighted by Crippen LogP contribution is -2.51. The highest BCUT2D eigenvalue weighted by atomic mass is 35.5. The van der Waals surface area contributed by atoms with Crippen molar-refractivity contribution in [1.82, 2.24) is 14.5 Å². The number of hydrogen-bond acceptors (Lipinski definition) is 4. The van der Waals surface area contributed by atoms with E-state index in [4.69, 9.17) is 34.8 Å². The van der Waals surface area contributed by atoms with Crippen molar-refractivity contribution in [3.63, 3.8) is 0 Å². The minimum absolute atomic E-state index is 0.0000880. The first-order chi connectivity index (χ1) is 15.3. The number of carbonyl (C=O) groups is 2. The Morgan fingerprint density at radius 3 is 2.09 bits per heavy atom. The molecule has 2 rings (SSSR count). The number of likely N-dealkylation sites (N-methyl/N-ethyl adjacent to an activating group) is 1. The van der Waals surface area contributed by atoms with Crippen LogP contribution < -0.4 is 5.32 Å². The van der Waals surface area contributed by atoms with Crippen LogP contribution in [0.15, 0.2) is 47.4 Å². The van der Waals surface area contributed by atoms with E-state index in [9.17, 15) is 18.0 Å². The van der Waals surface area contributed by atoms with Crippen LogP contribution in [0.2, 0.25) is 15.1 Å². The van der Waals surface area contributed by atoms with Crippen molar-refractivity contribution in [1.29, 1.82) is 0 Å². The third-order valence-electron chi connectivity index (χ3n) is 4.83. The fourth-order valence-electron chi connectivity index (χ4n) is 2.97. The molecule has 0 radical (unpaired) electrons. The summed E-state index contributed by atoms with van der Waals surface area (Å²) in [6, 6.07) is 9.45. The Morgan fingerprint density at radius 1 is 0.970 bits per heavy atom. The summed E-state index contributed by atoms with van der Waals surface area (Å²) >= 11 is 18.1. The van der Waals surface area contributed by atoms with Gasteiger partial charge in [0, 0.05) is 34.7 Å². The van der Waals surface area contributed by atoms with E-state index in [0.717, 1.165) is 4.31 Å². The zero-order chi connectivity index (χ0) is 24.9. The largest absolute Gasteiger partial charge is 0.352 e. The minimum Gasteiger partial charge on any atom is -0.352 e. The lowest BCUT2D eigenvalue weighted by Gasteiger charge is -2.31. The Hall–Kier alpha value is -1.84. The summed E-state index contributed by atoms with van der Waals surface area (Å²) in [6.45, 7) is 4.71. The maximum atomic E-state index is 13.2. The number of benzene rings is 2. The van der Waals surface area contributed by atoms with Crippen molar-refractivity contribution in [2.75, 3.05) is 13.6 Å². The molecular weight excluding hydrogens is 509 g/mol. The molecule has 1 atom stereocenters. The zero-order valence-corrected chi connectivity index (χ0v) is 21.8. The third-order valence-corrected chi connectivity index (χ3v) is 7.49. The van der Waals surface area contributed by atoms with Gasteiger partial charge in [-0.05, 0) is 62.7 Å². The number of rotatable bonds is 9. The Bertz CT molecular complexity index is 1110. The highest BCUT2D eigenvalue weighted by Crippen LogP contribution is 2.24. The van der Waals surface area contributed by atoms with Gasteiger partial charge < -0.3 is 10.2 Å². The summed E-state index contributed by atoms with van der Waals surface area (Å²) < 4.78 is 26.7. The van der Waals surface area contributed by atoms with Crippen molar-refractivity contribution >= 4 is 56.6 Å². The Morgan fingerprint density at radius 2 is 1.55 bits per heavy atom. The van der Waals surface area contributed by atoms with Gasteiger partial charge in [-0.3, -0.25) is 9.59 Å². The van der Waals surface area contributed by atoms with Gasteiger partial charge in [0.05, 0.1) is 11.4 Å². The van der Waals surface area contributed by atoms with Crippen LogP contribution in [0, 0.1) is 0 Å². The topological polar surface area (TPSA) is 86.8 Å². The first kappa shape index (κ1) is 27.4. The average Bonchev–Trinajstić information content (AvgIpc) is 2.72. The molecular formula is C22H26Cl3N3O4S. The molecule has 33 heavy (non-hydrogen) atoms. The molecule has 0 saturated carbocycles. The normalized spacial score (nSPS) is 12.6. The maximum Gasteiger partial charge on any atom is 0.243 e. The summed E-state index contributed by atoms with van der Waals surface area (Å²) in [5.41, 5.74) is 0.571. The van der Waals surface area contributed by atoms with E-state index < -0.39 is 28.5 Å². The van der Waals surface area contributed by atoms with Crippen molar-refractivity contribution in [3.05, 3.63) is 63.1 Å². The summed E-state index contributed by atoms with van der Waals surface area (Å²) in [5, 5.41) is 3.93. The van der Waals surface area contributed by atoms with Crippen LogP contribution in [0.3, 0.4) is 0 Å². The van der Waals surface area contributed by atoms with Crippen molar-refractivity contribution in [2.45, 2.75) is 44.3 Å². The highest BCUT2D eigenvalue weighted by Gasteiger charge is 2.30. The molecule has 2 amide bonds. The molecule has 180 valence electrons. The van der Waals surface area contributed by atoms with Gasteiger partial charge >= 0.3 is 0 Å². The molecule has 0 aromatic heterocycles. The van der Waals surface area contributed by atoms with Gasteiger partial charge in [-0.2, -0.15) is 4.31 Å². The highest BCUT2D eigenvalue weighted by molar-refractivity contribution is 7.89. The van der Waals surface area contributed by atoms with Crippen LogP contribution in [-0.4, -0.2) is 55.1 Å². The quantitative estimate of drug-likeness (QED) is 0.522. The molecule has 1 unspecified atom stereocenters. The second kappa shape index (κ2) is 11.5. The Kier molecular flexibility index (Phi) is 9.58. The first-order valence-corrected chi connectivity index (χ1v) is 12.7. The zero-order valence-electron chi connectivity index (χ0n) is 18.7. The Balaban J connectivity index is 2.31. The van der Waals surface area contributed by atoms with E-state index >= 15 is 0 Å². The number of amides is 2. The summed E-state index contributed by atoms with van der Waals surface area (Å²) in [5.74, 6) is -0.931. The molecule has 0 bridgehead atoms. The standard InChI is InChI=1S/C22H26Cl3N3O4S/c1-14(2)26-22(30)15(3)28(12-16-5-6-18(24)11-20(16)25)21(29)13-27(4)33(31,32)19-9-7-17(23)8-10-19/h5-11,14-15H,12-13H2,1-4H3,(H,26,30). The monoisotopic (exact) mass is 533 g/mol. The van der Waals surface area contributed by atoms with Gasteiger partial charge in [-0.25, -0.2) is 8.42 Å². The molecule has 0 spiro atoms. The Labute approximate surface area is 209 Å². The molecule has 0 aliphatic rings. The lowest BCUT2D eigenvalue weighted by molar-refractivity contribution is -0.140. The van der Waals surface area contributed by atoms with Crippen molar-refractivity contribution in [2.24, 2.45) is 0 Å². The van der Waals surface area contributed by atoms with Crippen LogP contribution >= 0.6 is 34.8 Å². The maximum absolute atomic E-state index is 13.2. The van der Waals surface area contributed by atoms with E-state index in [1.165, 1.54) is 42.3 Å². The van der Waals surface area contributed by atoms with Crippen LogP contribution in [0.5, 0.6) is 0 Å². The molecule has 0 aliphatic heterocycles. The van der Waals surface area contributed by atoms with Crippen LogP contribution in [0.4, 0.5) is 0 Å². The average molecular weight is 535 g/mol. The second-order valence-electron chi connectivity index (χ2n) is 7.81. The van der Waals surface area contributed by atoms with Crippen LogP contribution in [-0.2, 0) is 26.2 Å². The van der Waals surface area contributed by atoms with Gasteiger partial charge in [-0.1, -0.05) is 40.9 Å². The SMILES string of the molecule is CC(C)NC(=O)C(C)N(Cc1ccc(Cl)cc1Cl)C(=O)CN(C)S(=O)(=O)c1ccc(Cl)cc1.